The number of hydrogen-bond acceptors (Lipinski definition) is 2. The first-order valence-corrected chi connectivity index (χ1v) is 8.98. The monoisotopic (exact) mass is 342 g/mol. The van der Waals surface area contributed by atoms with Crippen molar-refractivity contribution in [3.8, 4) is 0 Å². The summed E-state index contributed by atoms with van der Waals surface area (Å²) in [5, 5.41) is 3.65. The highest BCUT2D eigenvalue weighted by Crippen LogP contribution is 2.30. The summed E-state index contributed by atoms with van der Waals surface area (Å²) in [5.41, 5.74) is 3.00. The van der Waals surface area contributed by atoms with Gasteiger partial charge < -0.3 is 10.2 Å². The van der Waals surface area contributed by atoms with Crippen molar-refractivity contribution in [1.29, 1.82) is 0 Å². The standard InChI is InChI=1S/C20H23ClN2O/c21-18-15-17(10-11-19(18)23-13-5-2-6-14-23)22-20(24)12-9-16-7-3-1-4-8-16/h1,3-4,7-8,10-11,15H,2,5-6,9,12-14H2,(H,22,24). The van der Waals surface area contributed by atoms with Gasteiger partial charge in [-0.3, -0.25) is 4.79 Å². The zero-order valence-electron chi connectivity index (χ0n) is 13.8. The first-order chi connectivity index (χ1) is 11.7. The van der Waals surface area contributed by atoms with Crippen LogP contribution < -0.4 is 10.2 Å². The lowest BCUT2D eigenvalue weighted by Crippen LogP contribution is -2.29. The van der Waals surface area contributed by atoms with Gasteiger partial charge in [0.05, 0.1) is 10.7 Å². The highest BCUT2D eigenvalue weighted by Gasteiger charge is 2.14. The maximum absolute atomic E-state index is 12.1. The number of nitrogens with zero attached hydrogens (tertiary/aromatic N) is 1. The molecule has 1 saturated heterocycles. The molecular weight excluding hydrogens is 320 g/mol. The molecule has 0 unspecified atom stereocenters. The first kappa shape index (κ1) is 16.8. The second-order valence-corrected chi connectivity index (χ2v) is 6.65. The minimum Gasteiger partial charge on any atom is -0.370 e. The van der Waals surface area contributed by atoms with Gasteiger partial charge in [-0.15, -0.1) is 0 Å². The van der Waals surface area contributed by atoms with Crippen molar-refractivity contribution < 1.29 is 4.79 Å². The van der Waals surface area contributed by atoms with Gasteiger partial charge in [0.1, 0.15) is 0 Å². The highest BCUT2D eigenvalue weighted by molar-refractivity contribution is 6.33. The number of hydrogen-bond donors (Lipinski definition) is 1. The minimum atomic E-state index is 0.0145. The molecule has 1 aliphatic rings. The third-order valence-electron chi connectivity index (χ3n) is 4.41. The quantitative estimate of drug-likeness (QED) is 0.838. The molecule has 3 rings (SSSR count). The molecular formula is C20H23ClN2O. The molecule has 3 nitrogen and oxygen atoms in total. The van der Waals surface area contributed by atoms with Crippen molar-refractivity contribution in [3.05, 3.63) is 59.1 Å². The van der Waals surface area contributed by atoms with Crippen molar-refractivity contribution in [3.63, 3.8) is 0 Å². The maximum atomic E-state index is 12.1. The number of halogens is 1. The molecule has 1 aliphatic heterocycles. The van der Waals surface area contributed by atoms with E-state index in [0.29, 0.717) is 11.4 Å². The SMILES string of the molecule is O=C(CCc1ccccc1)Nc1ccc(N2CCCCC2)c(Cl)c1. The summed E-state index contributed by atoms with van der Waals surface area (Å²) < 4.78 is 0. The van der Waals surface area contributed by atoms with Gasteiger partial charge in [-0.05, 0) is 49.4 Å². The van der Waals surface area contributed by atoms with Crippen LogP contribution in [0.4, 0.5) is 11.4 Å². The van der Waals surface area contributed by atoms with Crippen LogP contribution in [0.2, 0.25) is 5.02 Å². The Kier molecular flexibility index (Phi) is 5.76. The van der Waals surface area contributed by atoms with Crippen molar-refractivity contribution in [1.82, 2.24) is 0 Å². The van der Waals surface area contributed by atoms with Gasteiger partial charge in [0.15, 0.2) is 0 Å². The molecule has 24 heavy (non-hydrogen) atoms. The van der Waals surface area contributed by atoms with E-state index in [9.17, 15) is 4.79 Å². The largest absolute Gasteiger partial charge is 0.370 e. The van der Waals surface area contributed by atoms with Gasteiger partial charge >= 0.3 is 0 Å². The lowest BCUT2D eigenvalue weighted by atomic mass is 10.1. The molecule has 0 aromatic heterocycles. The van der Waals surface area contributed by atoms with Gasteiger partial charge in [-0.25, -0.2) is 0 Å². The second-order valence-electron chi connectivity index (χ2n) is 6.25. The number of nitrogens with one attached hydrogen (secondary N) is 1. The fourth-order valence-corrected chi connectivity index (χ4v) is 3.40. The number of rotatable bonds is 5. The van der Waals surface area contributed by atoms with Crippen molar-refractivity contribution >= 4 is 28.9 Å². The van der Waals surface area contributed by atoms with E-state index in [1.165, 1.54) is 24.8 Å². The lowest BCUT2D eigenvalue weighted by Gasteiger charge is -2.29. The summed E-state index contributed by atoms with van der Waals surface area (Å²) in [6, 6.07) is 15.9. The minimum absolute atomic E-state index is 0.0145. The van der Waals surface area contributed by atoms with Crippen molar-refractivity contribution in [2.45, 2.75) is 32.1 Å². The highest BCUT2D eigenvalue weighted by atomic mass is 35.5. The maximum Gasteiger partial charge on any atom is 0.224 e. The molecule has 2 aromatic carbocycles. The van der Waals surface area contributed by atoms with E-state index in [1.807, 2.05) is 48.5 Å². The van der Waals surface area contributed by atoms with Crippen LogP contribution in [0, 0.1) is 0 Å². The van der Waals surface area contributed by atoms with E-state index in [0.717, 1.165) is 30.9 Å². The molecule has 2 aromatic rings. The predicted molar refractivity (Wildman–Crippen MR) is 101 cm³/mol. The lowest BCUT2D eigenvalue weighted by molar-refractivity contribution is -0.116. The van der Waals surface area contributed by atoms with E-state index >= 15 is 0 Å². The Labute approximate surface area is 148 Å². The zero-order chi connectivity index (χ0) is 16.8. The van der Waals surface area contributed by atoms with E-state index in [-0.39, 0.29) is 5.91 Å². The van der Waals surface area contributed by atoms with Crippen LogP contribution in [0.3, 0.4) is 0 Å². The molecule has 0 saturated carbocycles. The summed E-state index contributed by atoms with van der Waals surface area (Å²) in [7, 11) is 0. The Morgan fingerprint density at radius 2 is 1.79 bits per heavy atom. The summed E-state index contributed by atoms with van der Waals surface area (Å²) in [5.74, 6) is 0.0145. The Morgan fingerprint density at radius 1 is 1.04 bits per heavy atom. The molecule has 0 bridgehead atoms. The molecule has 0 spiro atoms. The fourth-order valence-electron chi connectivity index (χ4n) is 3.10. The predicted octanol–water partition coefficient (Wildman–Crippen LogP) is 4.90. The average Bonchev–Trinajstić information content (AvgIpc) is 2.62. The number of benzene rings is 2. The molecule has 1 amide bonds. The normalized spacial score (nSPS) is 14.5. The van der Waals surface area contributed by atoms with Crippen molar-refractivity contribution in [2.24, 2.45) is 0 Å². The van der Waals surface area contributed by atoms with Gasteiger partial charge in [0.25, 0.3) is 0 Å². The van der Waals surface area contributed by atoms with E-state index < -0.39 is 0 Å². The van der Waals surface area contributed by atoms with Crippen LogP contribution in [0.25, 0.3) is 0 Å². The smallest absolute Gasteiger partial charge is 0.224 e. The third kappa shape index (κ3) is 4.51. The van der Waals surface area contributed by atoms with Crippen LogP contribution in [-0.2, 0) is 11.2 Å². The molecule has 1 N–H and O–H groups in total. The number of carbonyl (C=O) groups excluding carboxylic acids is 1. The zero-order valence-corrected chi connectivity index (χ0v) is 14.6. The average molecular weight is 343 g/mol. The van der Waals surface area contributed by atoms with E-state index in [4.69, 9.17) is 11.6 Å². The number of amides is 1. The molecule has 1 fully saturated rings. The Hall–Kier alpha value is -2.00. The van der Waals surface area contributed by atoms with Crippen LogP contribution in [0.1, 0.15) is 31.2 Å². The van der Waals surface area contributed by atoms with E-state index in [2.05, 4.69) is 10.2 Å². The van der Waals surface area contributed by atoms with E-state index in [1.54, 1.807) is 0 Å². The van der Waals surface area contributed by atoms with Gasteiger partial charge in [0, 0.05) is 25.2 Å². The molecule has 126 valence electrons. The van der Waals surface area contributed by atoms with Crippen LogP contribution >= 0.6 is 11.6 Å². The first-order valence-electron chi connectivity index (χ1n) is 8.60. The van der Waals surface area contributed by atoms with Crippen LogP contribution in [0.5, 0.6) is 0 Å². The Morgan fingerprint density at radius 3 is 2.50 bits per heavy atom. The third-order valence-corrected chi connectivity index (χ3v) is 4.71. The molecule has 1 heterocycles. The Bertz CT molecular complexity index is 681. The number of piperidine rings is 1. The van der Waals surface area contributed by atoms with Gasteiger partial charge in [0.2, 0.25) is 5.91 Å². The molecule has 4 heteroatoms. The number of aryl methyl sites for hydroxylation is 1. The summed E-state index contributed by atoms with van der Waals surface area (Å²) in [4.78, 5) is 14.4. The number of carbonyl (C=O) groups is 1. The number of anilines is 2. The van der Waals surface area contributed by atoms with Crippen LogP contribution in [-0.4, -0.2) is 19.0 Å². The second kappa shape index (κ2) is 8.20. The molecule has 0 radical (unpaired) electrons. The fraction of sp³-hybridized carbons (Fsp3) is 0.350. The molecule has 0 aliphatic carbocycles. The van der Waals surface area contributed by atoms with Gasteiger partial charge in [-0.2, -0.15) is 0 Å². The Balaban J connectivity index is 1.57. The van der Waals surface area contributed by atoms with Crippen molar-refractivity contribution in [2.75, 3.05) is 23.3 Å². The summed E-state index contributed by atoms with van der Waals surface area (Å²) in [6.07, 6.45) is 4.94. The summed E-state index contributed by atoms with van der Waals surface area (Å²) in [6.45, 7) is 2.12. The molecule has 0 atom stereocenters. The van der Waals surface area contributed by atoms with Crippen LogP contribution in [0.15, 0.2) is 48.5 Å². The summed E-state index contributed by atoms with van der Waals surface area (Å²) >= 11 is 6.43. The van der Waals surface area contributed by atoms with Gasteiger partial charge in [-0.1, -0.05) is 41.9 Å². The topological polar surface area (TPSA) is 32.3 Å².